The smallest absolute Gasteiger partial charge is 0.227 e. The van der Waals surface area contributed by atoms with Crippen LogP contribution in [0, 0.1) is 20.8 Å². The molecule has 0 radical (unpaired) electrons. The van der Waals surface area contributed by atoms with Crippen LogP contribution in [0.25, 0.3) is 0 Å². The van der Waals surface area contributed by atoms with E-state index in [0.717, 1.165) is 24.2 Å². The summed E-state index contributed by atoms with van der Waals surface area (Å²) in [5.74, 6) is 0.181. The highest BCUT2D eigenvalue weighted by Gasteiger charge is 2.37. The van der Waals surface area contributed by atoms with E-state index in [9.17, 15) is 4.79 Å². The van der Waals surface area contributed by atoms with E-state index in [2.05, 4.69) is 43.2 Å². The number of likely N-dealkylation sites (tertiary alicyclic amines) is 1. The van der Waals surface area contributed by atoms with Crippen LogP contribution in [0.5, 0.6) is 0 Å². The maximum atomic E-state index is 12.9. The Balaban J connectivity index is 1.51. The number of piperidine rings is 1. The van der Waals surface area contributed by atoms with Gasteiger partial charge in [0.05, 0.1) is 37.1 Å². The zero-order chi connectivity index (χ0) is 17.6. The maximum Gasteiger partial charge on any atom is 0.227 e. The Morgan fingerprint density at radius 2 is 2.04 bits per heavy atom. The number of ether oxygens (including phenoxy) is 1. The summed E-state index contributed by atoms with van der Waals surface area (Å²) in [5, 5.41) is 8.20. The molecule has 0 aliphatic carbocycles. The highest BCUT2D eigenvalue weighted by molar-refractivity contribution is 5.79. The van der Waals surface area contributed by atoms with Crippen LogP contribution in [0.15, 0.2) is 18.3 Å². The molecule has 6 heteroatoms. The van der Waals surface area contributed by atoms with Crippen molar-refractivity contribution in [3.8, 4) is 0 Å². The van der Waals surface area contributed by atoms with Crippen molar-refractivity contribution in [2.75, 3.05) is 13.1 Å². The SMILES string of the molecule is Cc1cc(C)c(CC(=O)N2CC[C@H]3OCc4cnnn4[C@H]3C2)c(C)c1. The Bertz CT molecular complexity index is 791. The minimum atomic E-state index is 0.0733. The highest BCUT2D eigenvalue weighted by Crippen LogP contribution is 2.30. The first-order valence-electron chi connectivity index (χ1n) is 8.88. The van der Waals surface area contributed by atoms with Gasteiger partial charge in [0.25, 0.3) is 0 Å². The Hall–Kier alpha value is -2.21. The molecule has 1 aromatic carbocycles. The quantitative estimate of drug-likeness (QED) is 0.840. The average Bonchev–Trinajstić information content (AvgIpc) is 3.06. The topological polar surface area (TPSA) is 60.3 Å². The molecule has 2 aromatic rings. The molecule has 0 saturated carbocycles. The zero-order valence-corrected chi connectivity index (χ0v) is 15.0. The molecule has 2 aliphatic rings. The predicted molar refractivity (Wildman–Crippen MR) is 93.2 cm³/mol. The van der Waals surface area contributed by atoms with Gasteiger partial charge in [0.15, 0.2) is 0 Å². The van der Waals surface area contributed by atoms with E-state index in [1.54, 1.807) is 6.20 Å². The van der Waals surface area contributed by atoms with Gasteiger partial charge in [-0.25, -0.2) is 4.68 Å². The van der Waals surface area contributed by atoms with Crippen molar-refractivity contribution in [3.05, 3.63) is 46.3 Å². The molecule has 0 N–H and O–H groups in total. The molecule has 4 rings (SSSR count). The van der Waals surface area contributed by atoms with Crippen LogP contribution in [0.3, 0.4) is 0 Å². The molecule has 25 heavy (non-hydrogen) atoms. The Morgan fingerprint density at radius 3 is 2.80 bits per heavy atom. The van der Waals surface area contributed by atoms with Gasteiger partial charge in [-0.1, -0.05) is 22.9 Å². The van der Waals surface area contributed by atoms with Crippen molar-refractivity contribution in [1.29, 1.82) is 0 Å². The summed E-state index contributed by atoms with van der Waals surface area (Å²) in [4.78, 5) is 14.9. The van der Waals surface area contributed by atoms with E-state index in [0.29, 0.717) is 19.6 Å². The number of aryl methyl sites for hydroxylation is 3. The second-order valence-electron chi connectivity index (χ2n) is 7.27. The Labute approximate surface area is 147 Å². The van der Waals surface area contributed by atoms with Gasteiger partial charge >= 0.3 is 0 Å². The number of hydrogen-bond donors (Lipinski definition) is 0. The first-order valence-corrected chi connectivity index (χ1v) is 8.88. The summed E-state index contributed by atoms with van der Waals surface area (Å²) in [6.07, 6.45) is 3.18. The Kier molecular flexibility index (Phi) is 4.07. The van der Waals surface area contributed by atoms with Crippen LogP contribution in [0.1, 0.15) is 40.4 Å². The van der Waals surface area contributed by atoms with E-state index >= 15 is 0 Å². The van der Waals surface area contributed by atoms with Gasteiger partial charge in [-0.2, -0.15) is 0 Å². The molecule has 1 aromatic heterocycles. The van der Waals surface area contributed by atoms with Gasteiger partial charge in [-0.05, 0) is 43.9 Å². The van der Waals surface area contributed by atoms with Gasteiger partial charge in [0.1, 0.15) is 0 Å². The molecule has 1 fully saturated rings. The van der Waals surface area contributed by atoms with E-state index in [-0.39, 0.29) is 18.1 Å². The van der Waals surface area contributed by atoms with Crippen LogP contribution in [0.4, 0.5) is 0 Å². The summed E-state index contributed by atoms with van der Waals surface area (Å²) < 4.78 is 7.87. The van der Waals surface area contributed by atoms with Crippen molar-refractivity contribution < 1.29 is 9.53 Å². The molecule has 2 atom stereocenters. The van der Waals surface area contributed by atoms with Crippen LogP contribution in [0.2, 0.25) is 0 Å². The lowest BCUT2D eigenvalue weighted by atomic mass is 9.95. The number of rotatable bonds is 2. The lowest BCUT2D eigenvalue weighted by Crippen LogP contribution is -2.50. The summed E-state index contributed by atoms with van der Waals surface area (Å²) in [5.41, 5.74) is 5.77. The molecule has 132 valence electrons. The maximum absolute atomic E-state index is 12.9. The second kappa shape index (κ2) is 6.26. The number of amides is 1. The molecule has 0 bridgehead atoms. The molecule has 0 unspecified atom stereocenters. The molecular formula is C19H24N4O2. The summed E-state index contributed by atoms with van der Waals surface area (Å²) in [6, 6.07) is 4.38. The van der Waals surface area contributed by atoms with Crippen LogP contribution < -0.4 is 0 Å². The van der Waals surface area contributed by atoms with Crippen LogP contribution in [-0.4, -0.2) is 45.0 Å². The number of hydrogen-bond acceptors (Lipinski definition) is 4. The number of aromatic nitrogens is 3. The lowest BCUT2D eigenvalue weighted by molar-refractivity contribution is -0.137. The summed E-state index contributed by atoms with van der Waals surface area (Å²) in [7, 11) is 0. The van der Waals surface area contributed by atoms with E-state index in [1.165, 1.54) is 16.7 Å². The molecule has 2 aliphatic heterocycles. The van der Waals surface area contributed by atoms with Crippen molar-refractivity contribution in [3.63, 3.8) is 0 Å². The minimum Gasteiger partial charge on any atom is -0.370 e. The summed E-state index contributed by atoms with van der Waals surface area (Å²) >= 11 is 0. The third-order valence-corrected chi connectivity index (χ3v) is 5.45. The standard InChI is InChI=1S/C19H24N4O2/c1-12-6-13(2)16(14(3)7-12)8-19(24)22-5-4-18-17(10-22)23-15(11-25-18)9-20-21-23/h6-7,9,17-18H,4-5,8,10-11H2,1-3H3/t17-,18+/m0/s1. The fraction of sp³-hybridized carbons (Fsp3) is 0.526. The lowest BCUT2D eigenvalue weighted by Gasteiger charge is -2.41. The van der Waals surface area contributed by atoms with Gasteiger partial charge < -0.3 is 9.64 Å². The summed E-state index contributed by atoms with van der Waals surface area (Å²) in [6.45, 7) is 8.22. The number of carbonyl (C=O) groups excluding carboxylic acids is 1. The van der Waals surface area contributed by atoms with Crippen LogP contribution in [-0.2, 0) is 22.6 Å². The molecule has 0 spiro atoms. The first kappa shape index (κ1) is 16.3. The monoisotopic (exact) mass is 340 g/mol. The molecule has 1 amide bonds. The second-order valence-corrected chi connectivity index (χ2v) is 7.27. The highest BCUT2D eigenvalue weighted by atomic mass is 16.5. The number of nitrogens with zero attached hydrogens (tertiary/aromatic N) is 4. The number of fused-ring (bicyclic) bond motifs is 3. The van der Waals surface area contributed by atoms with E-state index in [1.807, 2.05) is 9.58 Å². The van der Waals surface area contributed by atoms with E-state index in [4.69, 9.17) is 4.74 Å². The largest absolute Gasteiger partial charge is 0.370 e. The van der Waals surface area contributed by atoms with Crippen molar-refractivity contribution in [2.24, 2.45) is 0 Å². The van der Waals surface area contributed by atoms with Gasteiger partial charge in [0.2, 0.25) is 5.91 Å². The van der Waals surface area contributed by atoms with Crippen molar-refractivity contribution >= 4 is 5.91 Å². The first-order chi connectivity index (χ1) is 12.0. The van der Waals surface area contributed by atoms with Gasteiger partial charge in [0, 0.05) is 13.1 Å². The third kappa shape index (κ3) is 2.95. The molecule has 3 heterocycles. The third-order valence-electron chi connectivity index (χ3n) is 5.45. The molecular weight excluding hydrogens is 316 g/mol. The number of carbonyl (C=O) groups is 1. The van der Waals surface area contributed by atoms with Gasteiger partial charge in [-0.15, -0.1) is 5.10 Å². The van der Waals surface area contributed by atoms with Gasteiger partial charge in [-0.3, -0.25) is 4.79 Å². The Morgan fingerprint density at radius 1 is 1.28 bits per heavy atom. The van der Waals surface area contributed by atoms with E-state index < -0.39 is 0 Å². The molecule has 1 saturated heterocycles. The predicted octanol–water partition coefficient (Wildman–Crippen LogP) is 2.12. The zero-order valence-electron chi connectivity index (χ0n) is 15.0. The molecule has 6 nitrogen and oxygen atoms in total. The average molecular weight is 340 g/mol. The normalized spacial score (nSPS) is 22.4. The fourth-order valence-corrected chi connectivity index (χ4v) is 4.16. The van der Waals surface area contributed by atoms with Crippen molar-refractivity contribution in [1.82, 2.24) is 19.9 Å². The van der Waals surface area contributed by atoms with Crippen molar-refractivity contribution in [2.45, 2.75) is 52.4 Å². The minimum absolute atomic E-state index is 0.0733. The van der Waals surface area contributed by atoms with Crippen LogP contribution >= 0.6 is 0 Å². The fourth-order valence-electron chi connectivity index (χ4n) is 4.16. The number of benzene rings is 1.